The molecule has 0 radical (unpaired) electrons. The maximum absolute atomic E-state index is 13.4. The Morgan fingerprint density at radius 2 is 2.00 bits per heavy atom. The van der Waals surface area contributed by atoms with E-state index in [9.17, 15) is 9.18 Å². The van der Waals surface area contributed by atoms with Gasteiger partial charge in [-0.2, -0.15) is 0 Å². The second-order valence-corrected chi connectivity index (χ2v) is 6.39. The number of halogens is 1. The summed E-state index contributed by atoms with van der Waals surface area (Å²) < 4.78 is 18.8. The van der Waals surface area contributed by atoms with Crippen molar-refractivity contribution in [1.29, 1.82) is 0 Å². The molecule has 0 bridgehead atoms. The van der Waals surface area contributed by atoms with Crippen molar-refractivity contribution in [3.8, 4) is 5.75 Å². The first-order chi connectivity index (χ1) is 12.1. The van der Waals surface area contributed by atoms with Crippen LogP contribution >= 0.6 is 0 Å². The number of fused-ring (bicyclic) bond motifs is 1. The molecule has 128 valence electrons. The fraction of sp³-hybridized carbons (Fsp3) is 0.250. The van der Waals surface area contributed by atoms with Gasteiger partial charge in [-0.3, -0.25) is 4.79 Å². The number of rotatable bonds is 5. The van der Waals surface area contributed by atoms with Crippen LogP contribution in [0.3, 0.4) is 0 Å². The lowest BCUT2D eigenvalue weighted by atomic mass is 9.94. The predicted molar refractivity (Wildman–Crippen MR) is 95.4 cm³/mol. The standard InChI is InChI=1S/C20H19FN2O2/c1-2-25-15-6-4-14(5-7-15)23-19(24)20(9-10-20)17-12-22-18-11-13(21)3-8-16(17)18/h3-8,11-12,22H,2,9-10H2,1H3,(H,23,24). The fourth-order valence-corrected chi connectivity index (χ4v) is 3.29. The van der Waals surface area contributed by atoms with Crippen LogP contribution in [-0.4, -0.2) is 17.5 Å². The zero-order valence-electron chi connectivity index (χ0n) is 13.9. The molecule has 2 N–H and O–H groups in total. The number of H-pyrrole nitrogens is 1. The molecule has 4 rings (SSSR count). The summed E-state index contributed by atoms with van der Waals surface area (Å²) in [5.41, 5.74) is 1.86. The van der Waals surface area contributed by atoms with E-state index in [2.05, 4.69) is 10.3 Å². The van der Waals surface area contributed by atoms with Gasteiger partial charge >= 0.3 is 0 Å². The number of nitrogens with one attached hydrogen (secondary N) is 2. The topological polar surface area (TPSA) is 54.1 Å². The number of ether oxygens (including phenoxy) is 1. The number of amides is 1. The van der Waals surface area contributed by atoms with Crippen molar-refractivity contribution in [3.63, 3.8) is 0 Å². The molecule has 0 atom stereocenters. The third-order valence-corrected chi connectivity index (χ3v) is 4.77. The van der Waals surface area contributed by atoms with Gasteiger partial charge in [-0.1, -0.05) is 0 Å². The van der Waals surface area contributed by atoms with Gasteiger partial charge in [-0.15, -0.1) is 0 Å². The van der Waals surface area contributed by atoms with E-state index in [-0.39, 0.29) is 11.7 Å². The zero-order valence-corrected chi connectivity index (χ0v) is 13.9. The highest BCUT2D eigenvalue weighted by molar-refractivity contribution is 6.04. The number of carbonyl (C=O) groups excluding carboxylic acids is 1. The summed E-state index contributed by atoms with van der Waals surface area (Å²) in [6.07, 6.45) is 3.41. The Balaban J connectivity index is 1.58. The summed E-state index contributed by atoms with van der Waals surface area (Å²) in [5, 5.41) is 3.90. The van der Waals surface area contributed by atoms with Gasteiger partial charge in [-0.25, -0.2) is 4.39 Å². The second-order valence-electron chi connectivity index (χ2n) is 6.39. The van der Waals surface area contributed by atoms with Crippen molar-refractivity contribution in [2.75, 3.05) is 11.9 Å². The summed E-state index contributed by atoms with van der Waals surface area (Å²) >= 11 is 0. The van der Waals surface area contributed by atoms with E-state index in [1.54, 1.807) is 6.07 Å². The van der Waals surface area contributed by atoms with Crippen LogP contribution in [0.5, 0.6) is 5.75 Å². The van der Waals surface area contributed by atoms with Crippen LogP contribution in [0.4, 0.5) is 10.1 Å². The number of hydrogen-bond donors (Lipinski definition) is 2. The van der Waals surface area contributed by atoms with E-state index < -0.39 is 5.41 Å². The van der Waals surface area contributed by atoms with E-state index in [4.69, 9.17) is 4.74 Å². The van der Waals surface area contributed by atoms with Crippen LogP contribution in [0.25, 0.3) is 10.9 Å². The minimum Gasteiger partial charge on any atom is -0.494 e. The molecular weight excluding hydrogens is 319 g/mol. The minimum absolute atomic E-state index is 0.0260. The molecule has 0 unspecified atom stereocenters. The molecule has 2 aromatic carbocycles. The number of carbonyl (C=O) groups is 1. The van der Waals surface area contributed by atoms with Crippen molar-refractivity contribution in [2.45, 2.75) is 25.2 Å². The van der Waals surface area contributed by atoms with Gasteiger partial charge in [0.2, 0.25) is 5.91 Å². The van der Waals surface area contributed by atoms with Gasteiger partial charge in [-0.05, 0) is 67.8 Å². The Morgan fingerprint density at radius 1 is 1.24 bits per heavy atom. The molecule has 5 heteroatoms. The molecule has 0 aliphatic heterocycles. The molecule has 0 spiro atoms. The van der Waals surface area contributed by atoms with Crippen molar-refractivity contribution < 1.29 is 13.9 Å². The number of aromatic nitrogens is 1. The summed E-state index contributed by atoms with van der Waals surface area (Å²) in [4.78, 5) is 16.0. The lowest BCUT2D eigenvalue weighted by molar-refractivity contribution is -0.118. The number of aromatic amines is 1. The Hall–Kier alpha value is -2.82. The average molecular weight is 338 g/mol. The van der Waals surface area contributed by atoms with Gasteiger partial charge in [0.05, 0.1) is 12.0 Å². The van der Waals surface area contributed by atoms with E-state index in [1.165, 1.54) is 12.1 Å². The smallest absolute Gasteiger partial charge is 0.235 e. The van der Waals surface area contributed by atoms with Crippen molar-refractivity contribution in [1.82, 2.24) is 4.98 Å². The third kappa shape index (κ3) is 2.76. The first-order valence-electron chi connectivity index (χ1n) is 8.44. The Kier molecular flexibility index (Phi) is 3.71. The maximum Gasteiger partial charge on any atom is 0.235 e. The number of anilines is 1. The summed E-state index contributed by atoms with van der Waals surface area (Å²) in [6.45, 7) is 2.54. The number of hydrogen-bond acceptors (Lipinski definition) is 2. The quantitative estimate of drug-likeness (QED) is 0.725. The van der Waals surface area contributed by atoms with E-state index in [0.29, 0.717) is 6.61 Å². The minimum atomic E-state index is -0.533. The molecule has 1 saturated carbocycles. The summed E-state index contributed by atoms with van der Waals surface area (Å²) in [5.74, 6) is 0.465. The molecule has 1 aliphatic carbocycles. The van der Waals surface area contributed by atoms with Crippen molar-refractivity contribution in [3.05, 3.63) is 60.0 Å². The molecule has 4 nitrogen and oxygen atoms in total. The van der Waals surface area contributed by atoms with Gasteiger partial charge in [0, 0.05) is 22.8 Å². The van der Waals surface area contributed by atoms with Crippen LogP contribution in [0.2, 0.25) is 0 Å². The summed E-state index contributed by atoms with van der Waals surface area (Å²) in [6, 6.07) is 12.0. The highest BCUT2D eigenvalue weighted by atomic mass is 19.1. The first-order valence-corrected chi connectivity index (χ1v) is 8.44. The van der Waals surface area contributed by atoms with E-state index >= 15 is 0 Å². The van der Waals surface area contributed by atoms with Crippen LogP contribution in [-0.2, 0) is 10.2 Å². The highest BCUT2D eigenvalue weighted by Gasteiger charge is 2.52. The molecule has 0 saturated heterocycles. The lowest BCUT2D eigenvalue weighted by Gasteiger charge is -2.15. The molecule has 1 amide bonds. The van der Waals surface area contributed by atoms with Crippen LogP contribution in [0, 0.1) is 5.82 Å². The summed E-state index contributed by atoms with van der Waals surface area (Å²) in [7, 11) is 0. The Morgan fingerprint density at radius 3 is 2.68 bits per heavy atom. The normalized spacial score (nSPS) is 15.1. The van der Waals surface area contributed by atoms with Crippen molar-refractivity contribution >= 4 is 22.5 Å². The van der Waals surface area contributed by atoms with E-state index in [0.717, 1.165) is 40.7 Å². The van der Waals surface area contributed by atoms with Gasteiger partial charge < -0.3 is 15.0 Å². The first kappa shape index (κ1) is 15.7. The third-order valence-electron chi connectivity index (χ3n) is 4.77. The second kappa shape index (κ2) is 5.92. The monoisotopic (exact) mass is 338 g/mol. The molecule has 1 aromatic heterocycles. The van der Waals surface area contributed by atoms with Crippen LogP contribution < -0.4 is 10.1 Å². The van der Waals surface area contributed by atoms with Crippen LogP contribution in [0.1, 0.15) is 25.3 Å². The zero-order chi connectivity index (χ0) is 17.4. The van der Waals surface area contributed by atoms with Gasteiger partial charge in [0.1, 0.15) is 11.6 Å². The lowest BCUT2D eigenvalue weighted by Crippen LogP contribution is -2.27. The van der Waals surface area contributed by atoms with Crippen molar-refractivity contribution in [2.24, 2.45) is 0 Å². The molecule has 25 heavy (non-hydrogen) atoms. The molecule has 1 heterocycles. The van der Waals surface area contributed by atoms with E-state index in [1.807, 2.05) is 37.4 Å². The Labute approximate surface area is 145 Å². The number of benzene rings is 2. The van der Waals surface area contributed by atoms with Gasteiger partial charge in [0.15, 0.2) is 0 Å². The maximum atomic E-state index is 13.4. The molecule has 3 aromatic rings. The Bertz CT molecular complexity index is 927. The largest absolute Gasteiger partial charge is 0.494 e. The van der Waals surface area contributed by atoms with Crippen LogP contribution in [0.15, 0.2) is 48.7 Å². The fourth-order valence-electron chi connectivity index (χ4n) is 3.29. The SMILES string of the molecule is CCOc1ccc(NC(=O)C2(c3c[nH]c4cc(F)ccc34)CC2)cc1. The van der Waals surface area contributed by atoms with Gasteiger partial charge in [0.25, 0.3) is 0 Å². The average Bonchev–Trinajstić information content (AvgIpc) is 3.31. The molecule has 1 aliphatic rings. The molecule has 1 fully saturated rings. The highest BCUT2D eigenvalue weighted by Crippen LogP contribution is 2.51. The predicted octanol–water partition coefficient (Wildman–Crippen LogP) is 4.38. The molecular formula is C20H19FN2O2.